The first kappa shape index (κ1) is 16.5. The fourth-order valence-corrected chi connectivity index (χ4v) is 4.42. The predicted octanol–water partition coefficient (Wildman–Crippen LogP) is 1.67. The Hall–Kier alpha value is -2.35. The first-order chi connectivity index (χ1) is 11.4. The first-order valence-electron chi connectivity index (χ1n) is 7.66. The van der Waals surface area contributed by atoms with Crippen LogP contribution in [0.15, 0.2) is 40.9 Å². The molecule has 128 valence electrons. The Morgan fingerprint density at radius 1 is 1.38 bits per heavy atom. The van der Waals surface area contributed by atoms with E-state index in [-0.39, 0.29) is 30.1 Å². The number of amides is 2. The van der Waals surface area contributed by atoms with E-state index in [1.54, 1.807) is 13.2 Å². The van der Waals surface area contributed by atoms with Crippen molar-refractivity contribution in [3.05, 3.63) is 42.4 Å². The first-order valence-corrected chi connectivity index (χ1v) is 9.48. The van der Waals surface area contributed by atoms with Gasteiger partial charge in [-0.2, -0.15) is 0 Å². The van der Waals surface area contributed by atoms with Gasteiger partial charge in [0.05, 0.1) is 24.2 Å². The number of aromatic nitrogens is 1. The van der Waals surface area contributed by atoms with E-state index in [2.05, 4.69) is 10.3 Å². The molecule has 0 bridgehead atoms. The van der Waals surface area contributed by atoms with Crippen LogP contribution in [-0.4, -0.2) is 48.9 Å². The minimum atomic E-state index is -3.02. The average molecular weight is 349 g/mol. The van der Waals surface area contributed by atoms with Crippen molar-refractivity contribution in [2.45, 2.75) is 19.0 Å². The molecule has 1 fully saturated rings. The van der Waals surface area contributed by atoms with Gasteiger partial charge in [0.1, 0.15) is 0 Å². The van der Waals surface area contributed by atoms with Gasteiger partial charge in [0, 0.05) is 18.7 Å². The minimum absolute atomic E-state index is 0.0219. The molecule has 8 heteroatoms. The highest BCUT2D eigenvalue weighted by atomic mass is 32.2. The summed E-state index contributed by atoms with van der Waals surface area (Å²) in [7, 11) is -1.42. The smallest absolute Gasteiger partial charge is 0.317 e. The molecular formula is C16H19N3O4S. The van der Waals surface area contributed by atoms with Crippen molar-refractivity contribution in [1.29, 1.82) is 0 Å². The van der Waals surface area contributed by atoms with Gasteiger partial charge in [-0.1, -0.05) is 30.3 Å². The molecule has 0 aliphatic carbocycles. The summed E-state index contributed by atoms with van der Waals surface area (Å²) in [6, 6.07) is 8.94. The van der Waals surface area contributed by atoms with Crippen molar-refractivity contribution < 1.29 is 17.6 Å². The fourth-order valence-electron chi connectivity index (χ4n) is 2.65. The van der Waals surface area contributed by atoms with Gasteiger partial charge in [-0.05, 0) is 6.42 Å². The van der Waals surface area contributed by atoms with Gasteiger partial charge in [0.25, 0.3) is 0 Å². The largest absolute Gasteiger partial charge is 0.439 e. The number of hydrogen-bond acceptors (Lipinski definition) is 5. The van der Waals surface area contributed by atoms with E-state index in [0.29, 0.717) is 18.1 Å². The zero-order valence-electron chi connectivity index (χ0n) is 13.3. The molecule has 2 aromatic rings. The van der Waals surface area contributed by atoms with Crippen LogP contribution < -0.4 is 5.32 Å². The molecular weight excluding hydrogens is 330 g/mol. The molecule has 2 heterocycles. The van der Waals surface area contributed by atoms with Crippen LogP contribution in [0.2, 0.25) is 0 Å². The van der Waals surface area contributed by atoms with Gasteiger partial charge >= 0.3 is 6.03 Å². The molecule has 1 N–H and O–H groups in total. The lowest BCUT2D eigenvalue weighted by Gasteiger charge is -2.23. The van der Waals surface area contributed by atoms with Gasteiger partial charge in [-0.25, -0.2) is 18.2 Å². The monoisotopic (exact) mass is 349 g/mol. The summed E-state index contributed by atoms with van der Waals surface area (Å²) in [4.78, 5) is 17.7. The van der Waals surface area contributed by atoms with Crippen molar-refractivity contribution in [1.82, 2.24) is 15.2 Å². The molecule has 0 radical (unpaired) electrons. The predicted molar refractivity (Wildman–Crippen MR) is 89.0 cm³/mol. The summed E-state index contributed by atoms with van der Waals surface area (Å²) in [6.07, 6.45) is 2.09. The van der Waals surface area contributed by atoms with Gasteiger partial charge in [-0.15, -0.1) is 0 Å². The summed E-state index contributed by atoms with van der Waals surface area (Å²) in [5.74, 6) is 1.19. The molecule has 1 aliphatic rings. The molecule has 1 aromatic heterocycles. The van der Waals surface area contributed by atoms with Crippen LogP contribution in [0.1, 0.15) is 12.3 Å². The minimum Gasteiger partial charge on any atom is -0.439 e. The molecule has 1 atom stereocenters. The molecule has 2 amide bonds. The molecule has 0 spiro atoms. The Morgan fingerprint density at radius 2 is 2.12 bits per heavy atom. The van der Waals surface area contributed by atoms with Crippen LogP contribution in [0, 0.1) is 0 Å². The number of oxazole rings is 1. The maximum absolute atomic E-state index is 12.1. The number of nitrogens with one attached hydrogen (secondary N) is 1. The summed E-state index contributed by atoms with van der Waals surface area (Å²) < 4.78 is 28.6. The van der Waals surface area contributed by atoms with Crippen LogP contribution in [0.25, 0.3) is 11.3 Å². The molecule has 1 aliphatic heterocycles. The zero-order chi connectivity index (χ0) is 17.2. The van der Waals surface area contributed by atoms with Crippen molar-refractivity contribution in [3.63, 3.8) is 0 Å². The quantitative estimate of drug-likeness (QED) is 0.906. The maximum atomic E-state index is 12.1. The molecule has 0 unspecified atom stereocenters. The lowest BCUT2D eigenvalue weighted by molar-refractivity contribution is 0.193. The van der Waals surface area contributed by atoms with E-state index < -0.39 is 9.84 Å². The third-order valence-corrected chi connectivity index (χ3v) is 5.83. The van der Waals surface area contributed by atoms with Gasteiger partial charge in [0.15, 0.2) is 15.6 Å². The van der Waals surface area contributed by atoms with Crippen molar-refractivity contribution in [3.8, 4) is 11.3 Å². The van der Waals surface area contributed by atoms with Gasteiger partial charge in [0.2, 0.25) is 5.89 Å². The second-order valence-electron chi connectivity index (χ2n) is 5.81. The van der Waals surface area contributed by atoms with Gasteiger partial charge in [-0.3, -0.25) is 0 Å². The lowest BCUT2D eigenvalue weighted by Crippen LogP contribution is -2.43. The number of benzene rings is 1. The number of urea groups is 1. The van der Waals surface area contributed by atoms with Crippen LogP contribution in [0.3, 0.4) is 0 Å². The zero-order valence-corrected chi connectivity index (χ0v) is 14.1. The van der Waals surface area contributed by atoms with Crippen LogP contribution in [0.5, 0.6) is 0 Å². The van der Waals surface area contributed by atoms with Crippen molar-refractivity contribution in [2.75, 3.05) is 18.6 Å². The number of nitrogens with zero attached hydrogens (tertiary/aromatic N) is 2. The number of hydrogen-bond donors (Lipinski definition) is 1. The Balaban J connectivity index is 1.56. The molecule has 3 rings (SSSR count). The SMILES string of the molecule is CN(C(=O)NCc1ncc(-c2ccccc2)o1)[C@@H]1CCS(=O)(=O)C1. The number of carbonyl (C=O) groups is 1. The Morgan fingerprint density at radius 3 is 2.79 bits per heavy atom. The summed E-state index contributed by atoms with van der Waals surface area (Å²) >= 11 is 0. The Kier molecular flexibility index (Phi) is 4.57. The van der Waals surface area contributed by atoms with E-state index in [0.717, 1.165) is 5.56 Å². The number of carbonyl (C=O) groups excluding carboxylic acids is 1. The van der Waals surface area contributed by atoms with Crippen LogP contribution >= 0.6 is 0 Å². The van der Waals surface area contributed by atoms with Gasteiger partial charge < -0.3 is 14.6 Å². The Labute approximate surface area is 140 Å². The average Bonchev–Trinajstić information content (AvgIpc) is 3.19. The third kappa shape index (κ3) is 3.76. The molecule has 0 saturated carbocycles. The third-order valence-electron chi connectivity index (χ3n) is 4.08. The van der Waals surface area contributed by atoms with E-state index in [1.807, 2.05) is 30.3 Å². The van der Waals surface area contributed by atoms with E-state index in [4.69, 9.17) is 4.42 Å². The normalized spacial score (nSPS) is 19.1. The second-order valence-corrected chi connectivity index (χ2v) is 8.04. The number of rotatable bonds is 4. The summed E-state index contributed by atoms with van der Waals surface area (Å²) in [5.41, 5.74) is 0.913. The second kappa shape index (κ2) is 6.64. The van der Waals surface area contributed by atoms with Crippen LogP contribution in [-0.2, 0) is 16.4 Å². The molecule has 1 saturated heterocycles. The van der Waals surface area contributed by atoms with E-state index >= 15 is 0 Å². The highest BCUT2D eigenvalue weighted by Crippen LogP contribution is 2.20. The fraction of sp³-hybridized carbons (Fsp3) is 0.375. The van der Waals surface area contributed by atoms with E-state index in [9.17, 15) is 13.2 Å². The lowest BCUT2D eigenvalue weighted by atomic mass is 10.2. The van der Waals surface area contributed by atoms with Crippen LogP contribution in [0.4, 0.5) is 4.79 Å². The molecule has 7 nitrogen and oxygen atoms in total. The highest BCUT2D eigenvalue weighted by Gasteiger charge is 2.32. The van der Waals surface area contributed by atoms with Crippen molar-refractivity contribution >= 4 is 15.9 Å². The molecule has 1 aromatic carbocycles. The number of sulfone groups is 1. The maximum Gasteiger partial charge on any atom is 0.317 e. The molecule has 24 heavy (non-hydrogen) atoms. The summed E-state index contributed by atoms with van der Waals surface area (Å²) in [6.45, 7) is 0.148. The van der Waals surface area contributed by atoms with Crippen molar-refractivity contribution in [2.24, 2.45) is 0 Å². The topological polar surface area (TPSA) is 92.5 Å². The highest BCUT2D eigenvalue weighted by molar-refractivity contribution is 7.91. The standard InChI is InChI=1S/C16H19N3O4S/c1-19(13-7-8-24(21,22)11-13)16(20)18-10-15-17-9-14(23-15)12-5-3-2-4-6-12/h2-6,9,13H,7-8,10-11H2,1H3,(H,18,20)/t13-/m1/s1. The van der Waals surface area contributed by atoms with E-state index in [1.165, 1.54) is 4.90 Å². The Bertz CT molecular complexity index is 817. The summed E-state index contributed by atoms with van der Waals surface area (Å²) in [5, 5.41) is 2.70.